The van der Waals surface area contributed by atoms with E-state index in [1.165, 1.54) is 6.08 Å². The predicted octanol–water partition coefficient (Wildman–Crippen LogP) is 12.1. The third-order valence-electron chi connectivity index (χ3n) is 6.61. The Hall–Kier alpha value is -3.36. The lowest BCUT2D eigenvalue weighted by Crippen LogP contribution is -2.38. The van der Waals surface area contributed by atoms with Crippen LogP contribution in [0.1, 0.15) is 53.9 Å². The lowest BCUT2D eigenvalue weighted by molar-refractivity contribution is -0.378. The van der Waals surface area contributed by atoms with Gasteiger partial charge in [0.05, 0.1) is 0 Å². The molecule has 42 heavy (non-hydrogen) atoms. The fourth-order valence-corrected chi connectivity index (χ4v) is 3.17. The highest BCUT2D eigenvalue weighted by atomic mass is 19.4. The molecular formula is C33H40F8O. The van der Waals surface area contributed by atoms with E-state index >= 15 is 0 Å². The molecule has 0 amide bonds. The molecule has 1 nitrogen and oxygen atoms in total. The highest BCUT2D eigenvalue weighted by Gasteiger charge is 2.61. The highest BCUT2D eigenvalue weighted by molar-refractivity contribution is 5.54. The van der Waals surface area contributed by atoms with Gasteiger partial charge in [0, 0.05) is 11.1 Å². The van der Waals surface area contributed by atoms with Crippen LogP contribution in [0, 0.1) is 17.8 Å². The maximum Gasteiger partial charge on any atom is 0.499 e. The number of ether oxygens (including phenoxy) is 1. The number of allylic oxidation sites excluding steroid dienone is 13. The summed E-state index contributed by atoms with van der Waals surface area (Å²) in [5.41, 5.74) is -0.0766. The molecule has 0 rings (SSSR count). The van der Waals surface area contributed by atoms with Crippen molar-refractivity contribution >= 4 is 0 Å². The fraction of sp³-hybridized carbons (Fsp3) is 0.394. The minimum Gasteiger partial charge on any atom is -0.423 e. The molecule has 2 unspecified atom stereocenters. The molecular weight excluding hydrogens is 564 g/mol. The number of hydrogen-bond donors (Lipinski definition) is 0. The second kappa shape index (κ2) is 16.3. The zero-order chi connectivity index (χ0) is 33.2. The molecule has 9 heteroatoms. The fourth-order valence-electron chi connectivity index (χ4n) is 3.17. The van der Waals surface area contributed by atoms with Crippen LogP contribution in [0.2, 0.25) is 0 Å². The van der Waals surface area contributed by atoms with Gasteiger partial charge in [-0.25, -0.2) is 8.78 Å². The van der Waals surface area contributed by atoms with Gasteiger partial charge in [-0.05, 0) is 59.5 Å². The van der Waals surface area contributed by atoms with Gasteiger partial charge in [-0.3, -0.25) is 0 Å². The van der Waals surface area contributed by atoms with Crippen molar-refractivity contribution in [3.05, 3.63) is 120 Å². The van der Waals surface area contributed by atoms with Gasteiger partial charge in [0.1, 0.15) is 5.83 Å². The molecule has 0 aromatic carbocycles. The maximum atomic E-state index is 14.8. The van der Waals surface area contributed by atoms with Crippen LogP contribution < -0.4 is 0 Å². The second-order valence-electron chi connectivity index (χ2n) is 10.6. The van der Waals surface area contributed by atoms with Gasteiger partial charge in [-0.15, -0.1) is 0 Å². The van der Waals surface area contributed by atoms with Crippen LogP contribution >= 0.6 is 0 Å². The average Bonchev–Trinajstić information content (AvgIpc) is 2.89. The molecule has 0 heterocycles. The summed E-state index contributed by atoms with van der Waals surface area (Å²) in [7, 11) is 0. The molecule has 0 saturated heterocycles. The molecule has 0 saturated carbocycles. The van der Waals surface area contributed by atoms with Gasteiger partial charge in [0.2, 0.25) is 5.83 Å². The Kier molecular flexibility index (Phi) is 15.0. The Bertz CT molecular complexity index is 1190. The number of halogens is 8. The Balaban J connectivity index is 5.37. The van der Waals surface area contributed by atoms with Crippen LogP contribution in [0.15, 0.2) is 120 Å². The SMILES string of the molecule is C=C(/C=C\C(=C)C(=C)/C(F)=C\C(=C)/C(C)=C/CC(C)C(C)CCC(C)C)C(=C)/C(F)=C(/F)C(=C)OC(F)(F)C(F)(F)F. The summed E-state index contributed by atoms with van der Waals surface area (Å²) in [5.74, 6) is -5.23. The second-order valence-corrected chi connectivity index (χ2v) is 10.6. The van der Waals surface area contributed by atoms with E-state index in [0.29, 0.717) is 23.3 Å². The van der Waals surface area contributed by atoms with E-state index < -0.39 is 41.1 Å². The quantitative estimate of drug-likeness (QED) is 0.0912. The molecule has 0 bridgehead atoms. The van der Waals surface area contributed by atoms with E-state index in [4.69, 9.17) is 0 Å². The van der Waals surface area contributed by atoms with Crippen LogP contribution in [0.25, 0.3) is 0 Å². The predicted molar refractivity (Wildman–Crippen MR) is 155 cm³/mol. The Labute approximate surface area is 244 Å². The molecule has 2 atom stereocenters. The van der Waals surface area contributed by atoms with Gasteiger partial charge in [0.25, 0.3) is 0 Å². The first-order valence-corrected chi connectivity index (χ1v) is 13.1. The summed E-state index contributed by atoms with van der Waals surface area (Å²) < 4.78 is 109. The average molecular weight is 605 g/mol. The molecule has 0 aromatic rings. The number of alkyl halides is 5. The highest BCUT2D eigenvalue weighted by Crippen LogP contribution is 2.40. The van der Waals surface area contributed by atoms with Crippen LogP contribution in [0.4, 0.5) is 35.1 Å². The number of hydrogen-bond acceptors (Lipinski definition) is 1. The van der Waals surface area contributed by atoms with Gasteiger partial charge in [0.15, 0.2) is 11.6 Å². The van der Waals surface area contributed by atoms with Crippen LogP contribution in [0.3, 0.4) is 0 Å². The molecule has 0 aromatic heterocycles. The van der Waals surface area contributed by atoms with Gasteiger partial charge in [-0.1, -0.05) is 98.2 Å². The van der Waals surface area contributed by atoms with Crippen LogP contribution in [-0.2, 0) is 4.74 Å². The van der Waals surface area contributed by atoms with Crippen molar-refractivity contribution in [2.45, 2.75) is 66.2 Å². The summed E-state index contributed by atoms with van der Waals surface area (Å²) in [6.07, 6.45) is -3.52. The minimum atomic E-state index is -6.19. The Morgan fingerprint density at radius 1 is 0.714 bits per heavy atom. The molecule has 0 radical (unpaired) electrons. The first-order chi connectivity index (χ1) is 19.0. The van der Waals surface area contributed by atoms with E-state index in [0.717, 1.165) is 37.0 Å². The van der Waals surface area contributed by atoms with Crippen molar-refractivity contribution in [1.82, 2.24) is 0 Å². The van der Waals surface area contributed by atoms with E-state index in [1.807, 2.05) is 13.0 Å². The van der Waals surface area contributed by atoms with Crippen molar-refractivity contribution < 1.29 is 39.9 Å². The third kappa shape index (κ3) is 12.2. The van der Waals surface area contributed by atoms with Gasteiger partial charge in [-0.2, -0.15) is 26.3 Å². The monoisotopic (exact) mass is 604 g/mol. The van der Waals surface area contributed by atoms with Crippen LogP contribution in [-0.4, -0.2) is 12.3 Å². The normalized spacial score (nSPS) is 15.3. The van der Waals surface area contributed by atoms with Crippen molar-refractivity contribution in [3.63, 3.8) is 0 Å². The minimum absolute atomic E-state index is 0.0159. The van der Waals surface area contributed by atoms with Crippen LogP contribution in [0.5, 0.6) is 0 Å². The molecule has 234 valence electrons. The molecule has 0 aliphatic carbocycles. The topological polar surface area (TPSA) is 9.23 Å². The van der Waals surface area contributed by atoms with Crippen molar-refractivity contribution in [1.29, 1.82) is 0 Å². The summed E-state index contributed by atoms with van der Waals surface area (Å²) in [5, 5.41) is 0. The van der Waals surface area contributed by atoms with E-state index in [9.17, 15) is 35.1 Å². The summed E-state index contributed by atoms with van der Waals surface area (Å²) in [6.45, 7) is 30.9. The Morgan fingerprint density at radius 3 is 1.69 bits per heavy atom. The summed E-state index contributed by atoms with van der Waals surface area (Å²) in [6, 6.07) is 0. The number of rotatable bonds is 17. The molecule has 0 spiro atoms. The zero-order valence-corrected chi connectivity index (χ0v) is 24.8. The first-order valence-electron chi connectivity index (χ1n) is 13.1. The molecule has 0 fully saturated rings. The molecule has 0 aliphatic rings. The summed E-state index contributed by atoms with van der Waals surface area (Å²) >= 11 is 0. The third-order valence-corrected chi connectivity index (χ3v) is 6.61. The summed E-state index contributed by atoms with van der Waals surface area (Å²) in [4.78, 5) is 0. The van der Waals surface area contributed by atoms with E-state index in [-0.39, 0.29) is 16.7 Å². The van der Waals surface area contributed by atoms with E-state index in [1.54, 1.807) is 0 Å². The Morgan fingerprint density at radius 2 is 1.21 bits per heavy atom. The zero-order valence-electron chi connectivity index (χ0n) is 24.8. The van der Waals surface area contributed by atoms with Crippen molar-refractivity contribution in [2.24, 2.45) is 17.8 Å². The largest absolute Gasteiger partial charge is 0.499 e. The van der Waals surface area contributed by atoms with Crippen molar-refractivity contribution in [2.75, 3.05) is 0 Å². The van der Waals surface area contributed by atoms with Gasteiger partial charge >= 0.3 is 12.3 Å². The van der Waals surface area contributed by atoms with E-state index in [2.05, 4.69) is 71.9 Å². The molecule has 0 aliphatic heterocycles. The lowest BCUT2D eigenvalue weighted by Gasteiger charge is -2.20. The first kappa shape index (κ1) is 38.6. The van der Waals surface area contributed by atoms with Crippen molar-refractivity contribution in [3.8, 4) is 0 Å². The van der Waals surface area contributed by atoms with Gasteiger partial charge < -0.3 is 4.74 Å². The lowest BCUT2D eigenvalue weighted by atomic mass is 9.86. The maximum absolute atomic E-state index is 14.8. The smallest absolute Gasteiger partial charge is 0.423 e. The molecule has 0 N–H and O–H groups in total. The standard InChI is InChI=1S/C33H40F8O/c1-19(2)12-13-20(3)21(4)14-15-22(5)25(8)18-29(34)26(9)23(6)16-17-24(7)27(10)30(35)31(36)28(11)42-33(40,41)32(37,38)39/h15-21H,6-14H2,1-5H3/b17-16-,22-15+,29-18+,31-30-.